The van der Waals surface area contributed by atoms with Crippen molar-refractivity contribution < 1.29 is 33.5 Å². The van der Waals surface area contributed by atoms with Crippen LogP contribution in [0.3, 0.4) is 0 Å². The first-order valence-corrected chi connectivity index (χ1v) is 8.52. The van der Waals surface area contributed by atoms with E-state index in [0.717, 1.165) is 0 Å². The average molecular weight is 399 g/mol. The van der Waals surface area contributed by atoms with Crippen molar-refractivity contribution in [2.45, 2.75) is 13.2 Å². The molecule has 0 amide bonds. The maximum atomic E-state index is 12.0. The molecule has 0 aliphatic carbocycles. The normalized spacial score (nSPS) is 12.7. The molecule has 2 aromatic carbocycles. The Morgan fingerprint density at radius 2 is 2.00 bits per heavy atom. The summed E-state index contributed by atoms with van der Waals surface area (Å²) < 4.78 is 20.3. The number of methoxy groups -OCH3 is 1. The second-order valence-electron chi connectivity index (χ2n) is 6.02. The standard InChI is InChI=1S/C20H17NO8/c1-26-20(23)14-5-2-13(3-6-14)4-7-18(22)28-11-16-9-17(21(24)25)8-15-10-27-12-29-19(15)16/h2-9H,10-12H2,1H3/b7-4+. The van der Waals surface area contributed by atoms with Gasteiger partial charge in [-0.15, -0.1) is 0 Å². The van der Waals surface area contributed by atoms with E-state index in [4.69, 9.17) is 14.2 Å². The number of nitro benzene ring substituents is 1. The number of non-ortho nitro benzene ring substituents is 1. The van der Waals surface area contributed by atoms with Gasteiger partial charge in [-0.3, -0.25) is 10.1 Å². The van der Waals surface area contributed by atoms with E-state index in [2.05, 4.69) is 4.74 Å². The minimum Gasteiger partial charge on any atom is -0.467 e. The van der Waals surface area contributed by atoms with Crippen molar-refractivity contribution in [1.82, 2.24) is 0 Å². The van der Waals surface area contributed by atoms with Crippen LogP contribution < -0.4 is 4.74 Å². The van der Waals surface area contributed by atoms with Crippen LogP contribution in [-0.4, -0.2) is 30.8 Å². The third kappa shape index (κ3) is 4.96. The number of nitro groups is 1. The van der Waals surface area contributed by atoms with Gasteiger partial charge in [0, 0.05) is 29.3 Å². The van der Waals surface area contributed by atoms with Crippen LogP contribution >= 0.6 is 0 Å². The van der Waals surface area contributed by atoms with Gasteiger partial charge in [0.25, 0.3) is 5.69 Å². The monoisotopic (exact) mass is 399 g/mol. The lowest BCUT2D eigenvalue weighted by Gasteiger charge is -2.20. The smallest absolute Gasteiger partial charge is 0.337 e. The van der Waals surface area contributed by atoms with E-state index in [1.807, 2.05) is 0 Å². The molecule has 29 heavy (non-hydrogen) atoms. The molecular weight excluding hydrogens is 382 g/mol. The van der Waals surface area contributed by atoms with E-state index in [1.165, 1.54) is 31.4 Å². The fourth-order valence-corrected chi connectivity index (χ4v) is 2.70. The molecule has 1 aliphatic rings. The summed E-state index contributed by atoms with van der Waals surface area (Å²) in [5, 5.41) is 11.1. The SMILES string of the molecule is COC(=O)c1ccc(/C=C/C(=O)OCc2cc([N+](=O)[O-])cc3c2OCOC3)cc1. The highest BCUT2D eigenvalue weighted by Gasteiger charge is 2.21. The Hall–Kier alpha value is -3.72. The van der Waals surface area contributed by atoms with Crippen molar-refractivity contribution in [3.63, 3.8) is 0 Å². The zero-order valence-corrected chi connectivity index (χ0v) is 15.5. The van der Waals surface area contributed by atoms with E-state index >= 15 is 0 Å². The molecule has 0 aromatic heterocycles. The lowest BCUT2D eigenvalue weighted by molar-refractivity contribution is -0.385. The topological polar surface area (TPSA) is 114 Å². The van der Waals surface area contributed by atoms with E-state index < -0.39 is 16.9 Å². The molecule has 0 saturated carbocycles. The van der Waals surface area contributed by atoms with Gasteiger partial charge in [0.2, 0.25) is 0 Å². The Labute approximate surface area is 165 Å². The molecule has 0 bridgehead atoms. The Kier molecular flexibility index (Phi) is 6.20. The lowest BCUT2D eigenvalue weighted by Crippen LogP contribution is -2.14. The van der Waals surface area contributed by atoms with Crippen LogP contribution in [0.1, 0.15) is 27.0 Å². The van der Waals surface area contributed by atoms with Crippen molar-refractivity contribution in [3.05, 3.63) is 74.8 Å². The molecule has 9 nitrogen and oxygen atoms in total. The maximum absolute atomic E-state index is 12.0. The van der Waals surface area contributed by atoms with Crippen LogP contribution in [0, 0.1) is 10.1 Å². The Balaban J connectivity index is 1.66. The molecule has 0 saturated heterocycles. The zero-order valence-electron chi connectivity index (χ0n) is 15.5. The summed E-state index contributed by atoms with van der Waals surface area (Å²) in [5.41, 5.74) is 1.86. The highest BCUT2D eigenvalue weighted by Crippen LogP contribution is 2.33. The summed E-state index contributed by atoms with van der Waals surface area (Å²) in [6.07, 6.45) is 2.75. The fraction of sp³-hybridized carbons (Fsp3) is 0.200. The predicted molar refractivity (Wildman–Crippen MR) is 100.0 cm³/mol. The first-order valence-electron chi connectivity index (χ1n) is 8.52. The molecule has 1 aliphatic heterocycles. The average Bonchev–Trinajstić information content (AvgIpc) is 2.75. The number of hydrogen-bond acceptors (Lipinski definition) is 8. The molecule has 1 heterocycles. The molecule has 0 unspecified atom stereocenters. The number of esters is 2. The van der Waals surface area contributed by atoms with Crippen LogP contribution in [0.5, 0.6) is 5.75 Å². The van der Waals surface area contributed by atoms with E-state index in [-0.39, 0.29) is 25.7 Å². The highest BCUT2D eigenvalue weighted by atomic mass is 16.7. The summed E-state index contributed by atoms with van der Waals surface area (Å²) >= 11 is 0. The number of benzene rings is 2. The Morgan fingerprint density at radius 1 is 1.24 bits per heavy atom. The second-order valence-corrected chi connectivity index (χ2v) is 6.02. The number of ether oxygens (including phenoxy) is 4. The number of hydrogen-bond donors (Lipinski definition) is 0. The van der Waals surface area contributed by atoms with Gasteiger partial charge in [-0.2, -0.15) is 0 Å². The molecular formula is C20H17NO8. The van der Waals surface area contributed by atoms with Gasteiger partial charge in [-0.05, 0) is 23.8 Å². The zero-order chi connectivity index (χ0) is 20.8. The largest absolute Gasteiger partial charge is 0.467 e. The first kappa shape index (κ1) is 20.0. The Bertz CT molecular complexity index is 965. The molecule has 3 rings (SSSR count). The van der Waals surface area contributed by atoms with Gasteiger partial charge >= 0.3 is 11.9 Å². The van der Waals surface area contributed by atoms with Gasteiger partial charge in [0.1, 0.15) is 12.4 Å². The first-order chi connectivity index (χ1) is 14.0. The van der Waals surface area contributed by atoms with Gasteiger partial charge in [-0.1, -0.05) is 12.1 Å². The quantitative estimate of drug-likeness (QED) is 0.315. The molecule has 0 fully saturated rings. The third-order valence-electron chi connectivity index (χ3n) is 4.10. The van der Waals surface area contributed by atoms with Crippen LogP contribution in [0.15, 0.2) is 42.5 Å². The fourth-order valence-electron chi connectivity index (χ4n) is 2.70. The van der Waals surface area contributed by atoms with Crippen molar-refractivity contribution >= 4 is 23.7 Å². The van der Waals surface area contributed by atoms with E-state index in [9.17, 15) is 19.7 Å². The maximum Gasteiger partial charge on any atom is 0.337 e. The van der Waals surface area contributed by atoms with Crippen LogP contribution in [0.2, 0.25) is 0 Å². The molecule has 0 N–H and O–H groups in total. The number of rotatable bonds is 6. The summed E-state index contributed by atoms with van der Waals surface area (Å²) in [4.78, 5) is 34.0. The van der Waals surface area contributed by atoms with Crippen molar-refractivity contribution in [1.29, 1.82) is 0 Å². The molecule has 0 radical (unpaired) electrons. The summed E-state index contributed by atoms with van der Waals surface area (Å²) in [6.45, 7) is 0.0150. The van der Waals surface area contributed by atoms with Gasteiger partial charge in [0.15, 0.2) is 6.79 Å². The van der Waals surface area contributed by atoms with Crippen molar-refractivity contribution in [3.8, 4) is 5.75 Å². The van der Waals surface area contributed by atoms with E-state index in [0.29, 0.717) is 28.0 Å². The van der Waals surface area contributed by atoms with E-state index in [1.54, 1.807) is 24.3 Å². The van der Waals surface area contributed by atoms with Crippen molar-refractivity contribution in [2.75, 3.05) is 13.9 Å². The molecule has 150 valence electrons. The van der Waals surface area contributed by atoms with Crippen LogP contribution in [0.4, 0.5) is 5.69 Å². The van der Waals surface area contributed by atoms with Crippen LogP contribution in [0.25, 0.3) is 6.08 Å². The molecule has 9 heteroatoms. The summed E-state index contributed by atoms with van der Waals surface area (Å²) in [5.74, 6) is -0.653. The number of carbonyl (C=O) groups is 2. The van der Waals surface area contributed by atoms with Crippen LogP contribution in [-0.2, 0) is 32.2 Å². The molecule has 0 spiro atoms. The minimum absolute atomic E-state index is 0.0211. The predicted octanol–water partition coefficient (Wildman–Crippen LogP) is 3.00. The number of nitrogens with zero attached hydrogens (tertiary/aromatic N) is 1. The summed E-state index contributed by atoms with van der Waals surface area (Å²) in [6, 6.07) is 9.14. The Morgan fingerprint density at radius 3 is 2.69 bits per heavy atom. The third-order valence-corrected chi connectivity index (χ3v) is 4.10. The highest BCUT2D eigenvalue weighted by molar-refractivity contribution is 5.90. The number of carbonyl (C=O) groups excluding carboxylic acids is 2. The second kappa shape index (κ2) is 8.98. The minimum atomic E-state index is -0.630. The van der Waals surface area contributed by atoms with Gasteiger partial charge < -0.3 is 18.9 Å². The summed E-state index contributed by atoms with van der Waals surface area (Å²) in [7, 11) is 1.29. The molecule has 0 atom stereocenters. The van der Waals surface area contributed by atoms with Crippen molar-refractivity contribution in [2.24, 2.45) is 0 Å². The van der Waals surface area contributed by atoms with Gasteiger partial charge in [-0.25, -0.2) is 9.59 Å². The lowest BCUT2D eigenvalue weighted by atomic mass is 10.1. The molecule has 2 aromatic rings. The number of fused-ring (bicyclic) bond motifs is 1. The van der Waals surface area contributed by atoms with Gasteiger partial charge in [0.05, 0.1) is 24.2 Å².